The normalized spacial score (nSPS) is 11.2. The Hall–Kier alpha value is -0.640. The van der Waals surface area contributed by atoms with Gasteiger partial charge < -0.3 is 10.4 Å². The summed E-state index contributed by atoms with van der Waals surface area (Å²) in [4.78, 5) is 1.04. The van der Waals surface area contributed by atoms with Gasteiger partial charge in [0.25, 0.3) is 0 Å². The molecule has 0 saturated heterocycles. The summed E-state index contributed by atoms with van der Waals surface area (Å²) in [6, 6.07) is 2.03. The average molecular weight is 197 g/mol. The molecule has 0 aliphatic heterocycles. The number of rotatable bonds is 5. The minimum atomic E-state index is 0.142. The Labute approximate surface area is 82.9 Å². The predicted octanol–water partition coefficient (Wildman–Crippen LogP) is 1.86. The van der Waals surface area contributed by atoms with Crippen LogP contribution in [-0.2, 0) is 6.61 Å². The molecular formula is C10H15NOS. The minimum absolute atomic E-state index is 0.142. The van der Waals surface area contributed by atoms with Crippen molar-refractivity contribution in [2.75, 3.05) is 13.6 Å². The molecule has 0 unspecified atom stereocenters. The zero-order valence-electron chi connectivity index (χ0n) is 7.79. The number of aliphatic hydroxyl groups is 1. The van der Waals surface area contributed by atoms with E-state index in [1.54, 1.807) is 11.3 Å². The largest absolute Gasteiger partial charge is 0.391 e. The lowest BCUT2D eigenvalue weighted by atomic mass is 10.2. The molecule has 0 aliphatic carbocycles. The Morgan fingerprint density at radius 3 is 3.15 bits per heavy atom. The zero-order valence-corrected chi connectivity index (χ0v) is 8.60. The Morgan fingerprint density at radius 2 is 2.46 bits per heavy atom. The number of nitrogens with one attached hydrogen (secondary N) is 1. The Morgan fingerprint density at radius 1 is 1.62 bits per heavy atom. The van der Waals surface area contributed by atoms with Crippen molar-refractivity contribution in [1.82, 2.24) is 5.32 Å². The van der Waals surface area contributed by atoms with E-state index in [4.69, 9.17) is 5.11 Å². The maximum Gasteiger partial charge on any atom is 0.0780 e. The molecule has 2 nitrogen and oxygen atoms in total. The molecule has 1 heterocycles. The average Bonchev–Trinajstić information content (AvgIpc) is 2.60. The summed E-state index contributed by atoms with van der Waals surface area (Å²) < 4.78 is 0. The van der Waals surface area contributed by atoms with Crippen LogP contribution in [0.3, 0.4) is 0 Å². The maximum atomic E-state index is 8.97. The Bertz CT molecular complexity index is 268. The third kappa shape index (κ3) is 3.30. The van der Waals surface area contributed by atoms with Crippen LogP contribution in [0.1, 0.15) is 16.9 Å². The highest BCUT2D eigenvalue weighted by molar-refractivity contribution is 7.10. The van der Waals surface area contributed by atoms with Crippen LogP contribution in [-0.4, -0.2) is 18.7 Å². The van der Waals surface area contributed by atoms with E-state index in [9.17, 15) is 0 Å². The van der Waals surface area contributed by atoms with Gasteiger partial charge in [0, 0.05) is 4.88 Å². The Balaban J connectivity index is 2.47. The summed E-state index contributed by atoms with van der Waals surface area (Å²) in [7, 11) is 1.94. The van der Waals surface area contributed by atoms with E-state index in [-0.39, 0.29) is 6.61 Å². The standard InChI is InChI=1S/C10H15NOS/c1-11-6-3-2-4-9-5-7-13-10(9)8-12/h2,4-5,7,11-12H,3,6,8H2,1H3. The van der Waals surface area contributed by atoms with Gasteiger partial charge in [-0.25, -0.2) is 0 Å². The highest BCUT2D eigenvalue weighted by Gasteiger charge is 1.97. The minimum Gasteiger partial charge on any atom is -0.391 e. The van der Waals surface area contributed by atoms with E-state index >= 15 is 0 Å². The van der Waals surface area contributed by atoms with Crippen LogP contribution < -0.4 is 5.32 Å². The van der Waals surface area contributed by atoms with Crippen molar-refractivity contribution in [3.8, 4) is 0 Å². The van der Waals surface area contributed by atoms with Crippen LogP contribution in [0, 0.1) is 0 Å². The summed E-state index contributed by atoms with van der Waals surface area (Å²) >= 11 is 1.60. The lowest BCUT2D eigenvalue weighted by Gasteiger charge is -1.93. The van der Waals surface area contributed by atoms with Crippen molar-refractivity contribution in [1.29, 1.82) is 0 Å². The predicted molar refractivity (Wildman–Crippen MR) is 57.8 cm³/mol. The first-order chi connectivity index (χ1) is 6.38. The molecule has 0 aliphatic rings. The van der Waals surface area contributed by atoms with Gasteiger partial charge in [-0.15, -0.1) is 11.3 Å². The number of hydrogen-bond donors (Lipinski definition) is 2. The van der Waals surface area contributed by atoms with Crippen LogP contribution >= 0.6 is 11.3 Å². The molecule has 0 saturated carbocycles. The first-order valence-electron chi connectivity index (χ1n) is 4.37. The summed E-state index contributed by atoms with van der Waals surface area (Å²) in [6.07, 6.45) is 5.22. The lowest BCUT2D eigenvalue weighted by Crippen LogP contribution is -2.05. The highest BCUT2D eigenvalue weighted by Crippen LogP contribution is 2.17. The molecule has 0 aromatic carbocycles. The number of hydrogen-bond acceptors (Lipinski definition) is 3. The summed E-state index contributed by atoms with van der Waals surface area (Å²) in [6.45, 7) is 1.14. The smallest absolute Gasteiger partial charge is 0.0780 e. The quantitative estimate of drug-likeness (QED) is 0.706. The third-order valence-corrected chi connectivity index (χ3v) is 2.70. The topological polar surface area (TPSA) is 32.3 Å². The number of aliphatic hydroxyl groups excluding tert-OH is 1. The molecule has 1 aromatic rings. The second-order valence-corrected chi connectivity index (χ2v) is 3.75. The van der Waals surface area contributed by atoms with E-state index in [0.717, 1.165) is 23.4 Å². The second-order valence-electron chi connectivity index (χ2n) is 2.75. The van der Waals surface area contributed by atoms with Crippen LogP contribution in [0.5, 0.6) is 0 Å². The molecule has 2 N–H and O–H groups in total. The van der Waals surface area contributed by atoms with Gasteiger partial charge in [0.15, 0.2) is 0 Å². The molecule has 0 atom stereocenters. The zero-order chi connectivity index (χ0) is 9.52. The highest BCUT2D eigenvalue weighted by atomic mass is 32.1. The third-order valence-electron chi connectivity index (χ3n) is 1.78. The van der Waals surface area contributed by atoms with Crippen LogP contribution in [0.15, 0.2) is 17.5 Å². The van der Waals surface area contributed by atoms with Crippen molar-refractivity contribution < 1.29 is 5.11 Å². The van der Waals surface area contributed by atoms with Gasteiger partial charge in [-0.1, -0.05) is 12.2 Å². The van der Waals surface area contributed by atoms with E-state index in [1.165, 1.54) is 0 Å². The van der Waals surface area contributed by atoms with Crippen LogP contribution in [0.4, 0.5) is 0 Å². The van der Waals surface area contributed by atoms with Gasteiger partial charge in [-0.2, -0.15) is 0 Å². The van der Waals surface area contributed by atoms with Crippen molar-refractivity contribution in [3.05, 3.63) is 28.0 Å². The lowest BCUT2D eigenvalue weighted by molar-refractivity contribution is 0.285. The fourth-order valence-corrected chi connectivity index (χ4v) is 1.79. The summed E-state index contributed by atoms with van der Waals surface area (Å²) in [5.41, 5.74) is 1.14. The molecule has 0 radical (unpaired) electrons. The van der Waals surface area contributed by atoms with E-state index in [0.29, 0.717) is 0 Å². The van der Waals surface area contributed by atoms with Crippen LogP contribution in [0.2, 0.25) is 0 Å². The van der Waals surface area contributed by atoms with Gasteiger partial charge >= 0.3 is 0 Å². The van der Waals surface area contributed by atoms with E-state index in [2.05, 4.69) is 17.5 Å². The van der Waals surface area contributed by atoms with Crippen molar-refractivity contribution in [2.24, 2.45) is 0 Å². The van der Waals surface area contributed by atoms with Gasteiger partial charge in [0.2, 0.25) is 0 Å². The van der Waals surface area contributed by atoms with E-state index in [1.807, 2.05) is 18.5 Å². The molecule has 1 aromatic heterocycles. The fraction of sp³-hybridized carbons (Fsp3) is 0.400. The van der Waals surface area contributed by atoms with Gasteiger partial charge in [0.1, 0.15) is 0 Å². The molecule has 1 rings (SSSR count). The monoisotopic (exact) mass is 197 g/mol. The van der Waals surface area contributed by atoms with Crippen molar-refractivity contribution in [3.63, 3.8) is 0 Å². The van der Waals surface area contributed by atoms with E-state index < -0.39 is 0 Å². The summed E-state index contributed by atoms with van der Waals surface area (Å²) in [5, 5.41) is 14.1. The Kier molecular flexibility index (Phi) is 4.75. The van der Waals surface area contributed by atoms with Gasteiger partial charge in [0.05, 0.1) is 6.61 Å². The molecular weight excluding hydrogens is 182 g/mol. The molecule has 0 fully saturated rings. The fourth-order valence-electron chi connectivity index (χ4n) is 1.07. The van der Waals surface area contributed by atoms with Crippen LogP contribution in [0.25, 0.3) is 6.08 Å². The molecule has 72 valence electrons. The molecule has 13 heavy (non-hydrogen) atoms. The second kappa shape index (κ2) is 5.91. The number of thiophene rings is 1. The molecule has 0 spiro atoms. The summed E-state index contributed by atoms with van der Waals surface area (Å²) in [5.74, 6) is 0. The van der Waals surface area contributed by atoms with Crippen molar-refractivity contribution in [2.45, 2.75) is 13.0 Å². The van der Waals surface area contributed by atoms with Gasteiger partial charge in [-0.3, -0.25) is 0 Å². The molecule has 0 amide bonds. The van der Waals surface area contributed by atoms with Crippen molar-refractivity contribution >= 4 is 17.4 Å². The molecule has 0 bridgehead atoms. The maximum absolute atomic E-state index is 8.97. The molecule has 3 heteroatoms. The SMILES string of the molecule is CNCCC=Cc1ccsc1CO. The first kappa shape index (κ1) is 10.4. The van der Waals surface area contributed by atoms with Gasteiger partial charge in [-0.05, 0) is 37.0 Å². The first-order valence-corrected chi connectivity index (χ1v) is 5.25.